The van der Waals surface area contributed by atoms with Gasteiger partial charge < -0.3 is 26.8 Å². The fraction of sp³-hybridized carbons (Fsp3) is 0.750. The van der Waals surface area contributed by atoms with E-state index in [9.17, 15) is 24.9 Å². The number of amides is 4. The summed E-state index contributed by atoms with van der Waals surface area (Å²) in [6, 6.07) is -1.57. The second-order valence-corrected chi connectivity index (χ2v) is 11.3. The molecule has 0 bridgehead atoms. The third-order valence-corrected chi connectivity index (χ3v) is 9.69. The van der Waals surface area contributed by atoms with Crippen molar-refractivity contribution < 1.29 is 24.9 Å². The maximum absolute atomic E-state index is 12.1. The highest BCUT2D eigenvalue weighted by Crippen LogP contribution is 2.68. The van der Waals surface area contributed by atoms with E-state index in [1.165, 1.54) is 5.57 Å². The third-order valence-electron chi connectivity index (χ3n) is 9.69. The van der Waals surface area contributed by atoms with Crippen molar-refractivity contribution in [3.8, 4) is 0 Å². The number of nitrogens with one attached hydrogen (secondary N) is 2. The fourth-order valence-corrected chi connectivity index (χ4v) is 8.23. The van der Waals surface area contributed by atoms with E-state index >= 15 is 0 Å². The zero-order valence-corrected chi connectivity index (χ0v) is 20.6. The van der Waals surface area contributed by atoms with Crippen LogP contribution >= 0.6 is 0 Å². The molecule has 8 atom stereocenters. The topological polar surface area (TPSA) is 196 Å². The average Bonchev–Trinajstić information content (AvgIpc) is 2.98. The van der Waals surface area contributed by atoms with E-state index in [-0.39, 0.29) is 34.8 Å². The molecule has 0 unspecified atom stereocenters. The predicted octanol–water partition coefficient (Wildman–Crippen LogP) is 0.938. The summed E-state index contributed by atoms with van der Waals surface area (Å²) >= 11 is 0. The normalized spacial score (nSPS) is 44.1. The number of aliphatic hydroxyl groups is 3. The number of allylic oxidation sites excluding steroid dienone is 2. The van der Waals surface area contributed by atoms with E-state index in [0.717, 1.165) is 31.4 Å². The van der Waals surface area contributed by atoms with Gasteiger partial charge in [0, 0.05) is 5.41 Å². The van der Waals surface area contributed by atoms with E-state index in [4.69, 9.17) is 11.5 Å². The molecule has 3 saturated carbocycles. The van der Waals surface area contributed by atoms with Crippen LogP contribution < -0.4 is 22.3 Å². The van der Waals surface area contributed by atoms with E-state index < -0.39 is 35.8 Å². The lowest BCUT2D eigenvalue weighted by Crippen LogP contribution is -2.63. The Kier molecular flexibility index (Phi) is 6.48. The first-order chi connectivity index (χ1) is 16.4. The average molecular weight is 491 g/mol. The second-order valence-electron chi connectivity index (χ2n) is 11.3. The number of hydrazone groups is 2. The van der Waals surface area contributed by atoms with Gasteiger partial charge in [-0.2, -0.15) is 10.2 Å². The predicted molar refractivity (Wildman–Crippen MR) is 130 cm³/mol. The second kappa shape index (κ2) is 8.86. The maximum atomic E-state index is 12.1. The van der Waals surface area contributed by atoms with Crippen LogP contribution in [0.3, 0.4) is 0 Å². The lowest BCUT2D eigenvalue weighted by molar-refractivity contribution is -0.155. The van der Waals surface area contributed by atoms with Crippen molar-refractivity contribution in [3.05, 3.63) is 11.6 Å². The van der Waals surface area contributed by atoms with Crippen LogP contribution in [0.15, 0.2) is 21.9 Å². The summed E-state index contributed by atoms with van der Waals surface area (Å²) in [5.41, 5.74) is 14.4. The standard InChI is InChI=1S/C24H38N6O5/c1-12-8-16-15-5-4-13-9-14(27-29-20(25)33)6-7-22(13,2)19(15)17(32)10-23(16,3)24(12,35)18(11-31)28-30-21(26)34/h9,12,15-17,19,31-32,35H,4-8,10-11H2,1-3H3,(H3,25,29,33)(H3,26,30,34)/b27-14-,28-18+/t12-,15+,16+,17+,19-,22+,23+,24+/m1/s1. The van der Waals surface area contributed by atoms with E-state index in [2.05, 4.69) is 28.0 Å². The Morgan fingerprint density at radius 3 is 2.51 bits per heavy atom. The Morgan fingerprint density at radius 1 is 1.20 bits per heavy atom. The van der Waals surface area contributed by atoms with Crippen LogP contribution in [0.25, 0.3) is 0 Å². The molecule has 0 aromatic rings. The monoisotopic (exact) mass is 490 g/mol. The molecular weight excluding hydrogens is 452 g/mol. The van der Waals surface area contributed by atoms with Crippen LogP contribution in [0.4, 0.5) is 9.59 Å². The molecule has 0 aromatic heterocycles. The van der Waals surface area contributed by atoms with Crippen molar-refractivity contribution in [1.82, 2.24) is 10.9 Å². The molecule has 0 aromatic carbocycles. The first kappa shape index (κ1) is 25.6. The summed E-state index contributed by atoms with van der Waals surface area (Å²) in [6.45, 7) is 5.59. The van der Waals surface area contributed by atoms with Crippen molar-refractivity contribution >= 4 is 23.5 Å². The van der Waals surface area contributed by atoms with Crippen LogP contribution in [-0.4, -0.2) is 57.1 Å². The van der Waals surface area contributed by atoms with Gasteiger partial charge in [0.1, 0.15) is 5.60 Å². The van der Waals surface area contributed by atoms with Gasteiger partial charge in [-0.3, -0.25) is 0 Å². The van der Waals surface area contributed by atoms with Gasteiger partial charge in [-0.05, 0) is 73.7 Å². The highest BCUT2D eigenvalue weighted by atomic mass is 16.3. The molecule has 0 radical (unpaired) electrons. The minimum atomic E-state index is -1.50. The summed E-state index contributed by atoms with van der Waals surface area (Å²) in [5, 5.41) is 41.9. The van der Waals surface area contributed by atoms with E-state index in [0.29, 0.717) is 12.8 Å². The molecule has 0 spiro atoms. The van der Waals surface area contributed by atoms with E-state index in [1.807, 2.05) is 19.9 Å². The van der Waals surface area contributed by atoms with Crippen LogP contribution in [0.1, 0.15) is 59.3 Å². The van der Waals surface area contributed by atoms with Gasteiger partial charge >= 0.3 is 12.1 Å². The van der Waals surface area contributed by atoms with Crippen LogP contribution in [-0.2, 0) is 0 Å². The number of hydrogen-bond donors (Lipinski definition) is 7. The number of hydrogen-bond acceptors (Lipinski definition) is 7. The summed E-state index contributed by atoms with van der Waals surface area (Å²) in [7, 11) is 0. The van der Waals surface area contributed by atoms with Gasteiger partial charge in [-0.1, -0.05) is 26.3 Å². The quantitative estimate of drug-likeness (QED) is 0.227. The summed E-state index contributed by atoms with van der Waals surface area (Å²) in [6.07, 6.45) is 5.60. The minimum Gasteiger partial charge on any atom is -0.393 e. The van der Waals surface area contributed by atoms with Gasteiger partial charge in [-0.15, -0.1) is 0 Å². The molecule has 11 heteroatoms. The minimum absolute atomic E-state index is 0.0130. The molecule has 0 aliphatic heterocycles. The Hall–Kier alpha value is -2.50. The molecule has 11 nitrogen and oxygen atoms in total. The molecule has 0 saturated heterocycles. The number of rotatable bonds is 4. The van der Waals surface area contributed by atoms with Crippen molar-refractivity contribution in [1.29, 1.82) is 0 Å². The van der Waals surface area contributed by atoms with Gasteiger partial charge in [0.2, 0.25) is 0 Å². The van der Waals surface area contributed by atoms with Crippen molar-refractivity contribution in [2.45, 2.75) is 71.0 Å². The number of carbonyl (C=O) groups is 2. The number of primary amides is 2. The molecule has 4 aliphatic carbocycles. The summed E-state index contributed by atoms with van der Waals surface area (Å²) in [5.74, 6) is 0.0534. The first-order valence-corrected chi connectivity index (χ1v) is 12.3. The van der Waals surface area contributed by atoms with Crippen LogP contribution in [0, 0.1) is 34.5 Å². The van der Waals surface area contributed by atoms with Gasteiger partial charge in [0.25, 0.3) is 0 Å². The smallest absolute Gasteiger partial charge is 0.332 e. The number of nitrogens with zero attached hydrogens (tertiary/aromatic N) is 2. The largest absolute Gasteiger partial charge is 0.393 e. The SMILES string of the molecule is C[C@@H]1C[C@H]2[C@@H]3CCC4=C/C(=N\NC(N)=O)CC[C@]4(C)[C@H]3[C@@H](O)C[C@]2(C)[C@@]1(O)/C(CO)=N/NC(N)=O. The van der Waals surface area contributed by atoms with E-state index in [1.54, 1.807) is 0 Å². The molecule has 4 aliphatic rings. The Bertz CT molecular complexity index is 997. The molecule has 4 amide bonds. The van der Waals surface area contributed by atoms with Crippen LogP contribution in [0.5, 0.6) is 0 Å². The Balaban J connectivity index is 1.69. The molecular formula is C24H38N6O5. The number of carbonyl (C=O) groups excluding carboxylic acids is 2. The molecule has 194 valence electrons. The molecule has 4 rings (SSSR count). The fourth-order valence-electron chi connectivity index (χ4n) is 8.23. The van der Waals surface area contributed by atoms with Gasteiger partial charge in [0.15, 0.2) is 0 Å². The summed E-state index contributed by atoms with van der Waals surface area (Å²) < 4.78 is 0. The highest BCUT2D eigenvalue weighted by molar-refractivity contribution is 5.97. The van der Waals surface area contributed by atoms with Crippen LogP contribution in [0.2, 0.25) is 0 Å². The molecule has 9 N–H and O–H groups in total. The van der Waals surface area contributed by atoms with Gasteiger partial charge in [-0.25, -0.2) is 20.4 Å². The maximum Gasteiger partial charge on any atom is 0.332 e. The summed E-state index contributed by atoms with van der Waals surface area (Å²) in [4.78, 5) is 22.3. The lowest BCUT2D eigenvalue weighted by atomic mass is 9.45. The number of aliphatic hydroxyl groups excluding tert-OH is 2. The number of nitrogens with two attached hydrogens (primary N) is 2. The molecule has 0 heterocycles. The molecule has 35 heavy (non-hydrogen) atoms. The Morgan fingerprint density at radius 2 is 1.89 bits per heavy atom. The third kappa shape index (κ3) is 3.84. The zero-order chi connectivity index (χ0) is 25.8. The highest BCUT2D eigenvalue weighted by Gasteiger charge is 2.69. The molecule has 3 fully saturated rings. The number of urea groups is 2. The van der Waals surface area contributed by atoms with Crippen molar-refractivity contribution in [3.63, 3.8) is 0 Å². The van der Waals surface area contributed by atoms with Gasteiger partial charge in [0.05, 0.1) is 24.1 Å². The lowest BCUT2D eigenvalue weighted by Gasteiger charge is -2.61. The Labute approximate surface area is 205 Å². The first-order valence-electron chi connectivity index (χ1n) is 12.3. The number of fused-ring (bicyclic) bond motifs is 5. The van der Waals surface area contributed by atoms with Crippen molar-refractivity contribution in [2.24, 2.45) is 56.2 Å². The zero-order valence-electron chi connectivity index (χ0n) is 20.6. The van der Waals surface area contributed by atoms with Crippen molar-refractivity contribution in [2.75, 3.05) is 6.61 Å².